The van der Waals surface area contributed by atoms with E-state index in [9.17, 15) is 9.59 Å². The fraction of sp³-hybridized carbons (Fsp3) is 0. The summed E-state index contributed by atoms with van der Waals surface area (Å²) >= 11 is 6.91. The topological polar surface area (TPSA) is 34.1 Å². The summed E-state index contributed by atoms with van der Waals surface area (Å²) in [6.45, 7) is 0. The van der Waals surface area contributed by atoms with Crippen LogP contribution >= 0.6 is 56.7 Å². The highest BCUT2D eigenvalue weighted by Crippen LogP contribution is 2.37. The van der Waals surface area contributed by atoms with E-state index in [1.165, 1.54) is 0 Å². The van der Waals surface area contributed by atoms with Gasteiger partial charge in [-0.1, -0.05) is 25.3 Å². The number of carbonyl (C=O) groups is 2. The summed E-state index contributed by atoms with van der Waals surface area (Å²) in [5.41, 5.74) is 0. The van der Waals surface area contributed by atoms with Gasteiger partial charge in [0.25, 0.3) is 8.89 Å². The molecular formula is C2H2O2S5. The molecule has 0 rings (SSSR count). The lowest BCUT2D eigenvalue weighted by atomic mass is 11.8. The average Bonchev–Trinajstić information content (AvgIpc) is 1.63. The van der Waals surface area contributed by atoms with Crippen LogP contribution in [0.15, 0.2) is 0 Å². The van der Waals surface area contributed by atoms with Gasteiger partial charge < -0.3 is 0 Å². The van der Waals surface area contributed by atoms with Crippen molar-refractivity contribution in [1.29, 1.82) is 0 Å². The lowest BCUT2D eigenvalue weighted by molar-refractivity contribution is 0.276. The number of carbonyl (C=O) groups excluding carboxylic acids is 2. The molecule has 2 nitrogen and oxygen atoms in total. The van der Waals surface area contributed by atoms with Crippen molar-refractivity contribution in [2.75, 3.05) is 0 Å². The third-order valence-electron chi connectivity index (χ3n) is 0.211. The molecule has 0 aromatic rings. The molecule has 0 aliphatic carbocycles. The number of hydrogen-bond acceptors (Lipinski definition) is 5. The molecular weight excluding hydrogens is 216 g/mol. The van der Waals surface area contributed by atoms with Crippen molar-refractivity contribution in [2.24, 2.45) is 0 Å². The molecule has 0 aromatic carbocycles. The highest BCUT2D eigenvalue weighted by atomic mass is 33.5. The third kappa shape index (κ3) is 9.09. The van der Waals surface area contributed by atoms with E-state index in [0.717, 1.165) is 31.4 Å². The number of rotatable bonds is 2. The Labute approximate surface area is 74.9 Å². The smallest absolute Gasteiger partial charge is 0.254 e. The molecule has 0 amide bonds. The Morgan fingerprint density at radius 1 is 1.00 bits per heavy atom. The average molecular weight is 218 g/mol. The molecule has 0 atom stereocenters. The Morgan fingerprint density at radius 2 is 1.33 bits per heavy atom. The van der Waals surface area contributed by atoms with Gasteiger partial charge in [0.15, 0.2) is 0 Å². The van der Waals surface area contributed by atoms with Crippen LogP contribution in [0, 0.1) is 0 Å². The maximum Gasteiger partial charge on any atom is 0.254 e. The van der Waals surface area contributed by atoms with Crippen LogP contribution in [-0.4, -0.2) is 8.89 Å². The molecule has 0 aromatic heterocycles. The standard InChI is InChI=1S/C2H2O2S5/c3-1(5)7-9-8-2(4)6/h(H,3,5)(H,4,6). The lowest BCUT2D eigenvalue weighted by Crippen LogP contribution is -1.65. The van der Waals surface area contributed by atoms with E-state index in [2.05, 4.69) is 25.3 Å². The van der Waals surface area contributed by atoms with Crippen LogP contribution in [0.5, 0.6) is 0 Å². The van der Waals surface area contributed by atoms with Crippen LogP contribution in [0.3, 0.4) is 0 Å². The predicted octanol–water partition coefficient (Wildman–Crippen LogP) is 3.12. The van der Waals surface area contributed by atoms with E-state index in [0.29, 0.717) is 0 Å². The van der Waals surface area contributed by atoms with Crippen molar-refractivity contribution in [3.63, 3.8) is 0 Å². The fourth-order valence-corrected chi connectivity index (χ4v) is 3.67. The largest absolute Gasteiger partial charge is 0.274 e. The Morgan fingerprint density at radius 3 is 1.56 bits per heavy atom. The molecule has 0 spiro atoms. The van der Waals surface area contributed by atoms with Crippen LogP contribution in [0.1, 0.15) is 0 Å². The minimum atomic E-state index is -0.318. The van der Waals surface area contributed by atoms with E-state index in [-0.39, 0.29) is 8.89 Å². The van der Waals surface area contributed by atoms with Gasteiger partial charge in [-0.3, -0.25) is 9.59 Å². The first-order valence-corrected chi connectivity index (χ1v) is 5.97. The van der Waals surface area contributed by atoms with E-state index in [4.69, 9.17) is 0 Å². The Kier molecular flexibility index (Phi) is 6.55. The molecule has 0 fully saturated rings. The van der Waals surface area contributed by atoms with Gasteiger partial charge in [0.05, 0.1) is 0 Å². The maximum atomic E-state index is 10.1. The summed E-state index contributed by atoms with van der Waals surface area (Å²) in [6.07, 6.45) is 0. The maximum absolute atomic E-state index is 10.1. The SMILES string of the molecule is O=C(S)SSSC(=O)S. The van der Waals surface area contributed by atoms with Crippen molar-refractivity contribution in [3.05, 3.63) is 0 Å². The van der Waals surface area contributed by atoms with Gasteiger partial charge in [-0.2, -0.15) is 0 Å². The first kappa shape index (κ1) is 10.1. The third-order valence-corrected chi connectivity index (χ3v) is 4.46. The Balaban J connectivity index is 3.10. The van der Waals surface area contributed by atoms with Gasteiger partial charge in [0.1, 0.15) is 0 Å². The first-order chi connectivity index (χ1) is 4.13. The second kappa shape index (κ2) is 5.84. The van der Waals surface area contributed by atoms with E-state index in [1.807, 2.05) is 0 Å². The molecule has 0 aliphatic heterocycles. The summed E-state index contributed by atoms with van der Waals surface area (Å²) < 4.78 is -0.635. The van der Waals surface area contributed by atoms with Gasteiger partial charge >= 0.3 is 0 Å². The molecule has 52 valence electrons. The van der Waals surface area contributed by atoms with Gasteiger partial charge in [-0.15, -0.1) is 0 Å². The minimum absolute atomic E-state index is 0.318. The second-order valence-electron chi connectivity index (χ2n) is 0.767. The molecule has 0 bridgehead atoms. The summed E-state index contributed by atoms with van der Waals surface area (Å²) in [6, 6.07) is 0. The molecule has 7 heteroatoms. The fourth-order valence-electron chi connectivity index (χ4n) is 0.0752. The van der Waals surface area contributed by atoms with Crippen LogP contribution in [0.25, 0.3) is 0 Å². The summed E-state index contributed by atoms with van der Waals surface area (Å²) in [7, 11) is 2.84. The molecule has 0 aliphatic rings. The van der Waals surface area contributed by atoms with Crippen LogP contribution in [0.2, 0.25) is 0 Å². The highest BCUT2D eigenvalue weighted by Gasteiger charge is 1.99. The molecule has 0 saturated carbocycles. The molecule has 0 N–H and O–H groups in total. The molecule has 0 saturated heterocycles. The van der Waals surface area contributed by atoms with Crippen molar-refractivity contribution in [3.8, 4) is 0 Å². The van der Waals surface area contributed by atoms with Crippen LogP contribution in [-0.2, 0) is 0 Å². The Hall–Kier alpha value is 1.09. The van der Waals surface area contributed by atoms with Crippen molar-refractivity contribution in [2.45, 2.75) is 0 Å². The second-order valence-corrected chi connectivity index (χ2v) is 6.03. The zero-order valence-electron chi connectivity index (χ0n) is 3.94. The predicted molar refractivity (Wildman–Crippen MR) is 51.5 cm³/mol. The normalized spacial score (nSPS) is 9.11. The quantitative estimate of drug-likeness (QED) is 0.550. The van der Waals surface area contributed by atoms with Gasteiger partial charge in [-0.25, -0.2) is 0 Å². The van der Waals surface area contributed by atoms with Gasteiger partial charge in [-0.05, 0) is 9.83 Å². The number of hydrogen-bond donors (Lipinski definition) is 2. The molecule has 0 heterocycles. The monoisotopic (exact) mass is 218 g/mol. The summed E-state index contributed by atoms with van der Waals surface area (Å²) in [4.78, 5) is 20.2. The highest BCUT2D eigenvalue weighted by molar-refractivity contribution is 9.16. The van der Waals surface area contributed by atoms with E-state index < -0.39 is 0 Å². The van der Waals surface area contributed by atoms with Crippen LogP contribution < -0.4 is 0 Å². The van der Waals surface area contributed by atoms with E-state index >= 15 is 0 Å². The van der Waals surface area contributed by atoms with Crippen molar-refractivity contribution in [1.82, 2.24) is 0 Å². The van der Waals surface area contributed by atoms with Gasteiger partial charge in [0, 0.05) is 21.6 Å². The summed E-state index contributed by atoms with van der Waals surface area (Å²) in [5.74, 6) is 0. The zero-order chi connectivity index (χ0) is 7.28. The molecule has 9 heavy (non-hydrogen) atoms. The zero-order valence-corrected chi connectivity index (χ0v) is 8.17. The van der Waals surface area contributed by atoms with Crippen molar-refractivity contribution >= 4 is 65.6 Å². The molecule has 0 unspecified atom stereocenters. The van der Waals surface area contributed by atoms with Crippen LogP contribution in [0.4, 0.5) is 9.59 Å². The first-order valence-electron chi connectivity index (χ1n) is 1.60. The van der Waals surface area contributed by atoms with Crippen molar-refractivity contribution < 1.29 is 9.59 Å². The van der Waals surface area contributed by atoms with Gasteiger partial charge in [0.2, 0.25) is 0 Å². The minimum Gasteiger partial charge on any atom is -0.274 e. The Bertz CT molecular complexity index is 108. The summed E-state index contributed by atoms with van der Waals surface area (Å²) in [5, 5.41) is 0. The number of thiol groups is 2. The molecule has 0 radical (unpaired) electrons. The van der Waals surface area contributed by atoms with E-state index in [1.54, 1.807) is 0 Å². The lowest BCUT2D eigenvalue weighted by Gasteiger charge is -1.87.